The number of halogens is 2. The van der Waals surface area contributed by atoms with Gasteiger partial charge in [-0.2, -0.15) is 0 Å². The molecule has 170 valence electrons. The molecule has 0 bridgehead atoms. The number of pyridine rings is 2. The molecule has 33 heavy (non-hydrogen) atoms. The Morgan fingerprint density at radius 3 is 2.61 bits per heavy atom. The Hall–Kier alpha value is -2.93. The van der Waals surface area contributed by atoms with Crippen molar-refractivity contribution in [3.63, 3.8) is 0 Å². The van der Waals surface area contributed by atoms with Gasteiger partial charge in [-0.05, 0) is 63.8 Å². The van der Waals surface area contributed by atoms with Crippen molar-refractivity contribution in [2.24, 2.45) is 0 Å². The molecule has 0 fully saturated rings. The number of carbonyl (C=O) groups excluding carboxylic acids is 1. The summed E-state index contributed by atoms with van der Waals surface area (Å²) < 4.78 is 28.7. The molecule has 3 aromatic heterocycles. The van der Waals surface area contributed by atoms with E-state index in [4.69, 9.17) is 11.6 Å². The third-order valence-corrected chi connectivity index (χ3v) is 8.26. The fraction of sp³-hybridized carbons (Fsp3) is 0.0500. The maximum Gasteiger partial charge on any atom is 0.333 e. The lowest BCUT2D eigenvalue weighted by Crippen LogP contribution is -2.34. The zero-order chi connectivity index (χ0) is 23.8. The molecule has 0 saturated heterocycles. The van der Waals surface area contributed by atoms with Crippen LogP contribution in [0.25, 0.3) is 16.6 Å². The van der Waals surface area contributed by atoms with Crippen LogP contribution in [0.5, 0.6) is 0 Å². The minimum atomic E-state index is -4.05. The number of rotatable bonds is 5. The lowest BCUT2D eigenvalue weighted by molar-refractivity contribution is 0.256. The zero-order valence-electron chi connectivity index (χ0n) is 16.8. The van der Waals surface area contributed by atoms with Gasteiger partial charge in [-0.1, -0.05) is 11.6 Å². The Morgan fingerprint density at radius 1 is 1.18 bits per heavy atom. The Morgan fingerprint density at radius 2 is 1.97 bits per heavy atom. The molecule has 9 nitrogen and oxygen atoms in total. The van der Waals surface area contributed by atoms with Crippen LogP contribution in [-0.4, -0.2) is 31.0 Å². The van der Waals surface area contributed by atoms with Gasteiger partial charge in [-0.15, -0.1) is 11.3 Å². The van der Waals surface area contributed by atoms with Gasteiger partial charge in [-0.25, -0.2) is 22.9 Å². The third kappa shape index (κ3) is 4.88. The van der Waals surface area contributed by atoms with Crippen molar-refractivity contribution in [3.8, 4) is 5.82 Å². The molecule has 3 heterocycles. The first-order chi connectivity index (χ1) is 15.7. The van der Waals surface area contributed by atoms with Gasteiger partial charge < -0.3 is 10.6 Å². The summed E-state index contributed by atoms with van der Waals surface area (Å²) in [6.07, 6.45) is 2.93. The molecule has 2 amide bonds. The number of nitrogens with one attached hydrogen (secondary N) is 3. The Kier molecular flexibility index (Phi) is 6.43. The van der Waals surface area contributed by atoms with Crippen LogP contribution in [0.15, 0.2) is 68.3 Å². The summed E-state index contributed by atoms with van der Waals surface area (Å²) in [4.78, 5) is 29.3. The van der Waals surface area contributed by atoms with Gasteiger partial charge >= 0.3 is 6.03 Å². The molecule has 3 N–H and O–H groups in total. The molecular formula is C20H15BrClN5O4S2. The molecule has 4 rings (SSSR count). The van der Waals surface area contributed by atoms with Crippen LogP contribution in [0.1, 0.15) is 0 Å². The fourth-order valence-corrected chi connectivity index (χ4v) is 5.94. The molecule has 13 heteroatoms. The second-order valence-electron chi connectivity index (χ2n) is 6.68. The lowest BCUT2D eigenvalue weighted by Gasteiger charge is -2.10. The van der Waals surface area contributed by atoms with Gasteiger partial charge in [-0.3, -0.25) is 9.36 Å². The summed E-state index contributed by atoms with van der Waals surface area (Å²) in [5.74, 6) is 0.336. The maximum atomic E-state index is 13.0. The van der Waals surface area contributed by atoms with Crippen LogP contribution >= 0.6 is 38.9 Å². The summed E-state index contributed by atoms with van der Waals surface area (Å²) in [5, 5.41) is 6.72. The molecule has 1 aromatic carbocycles. The Bertz CT molecular complexity index is 1530. The van der Waals surface area contributed by atoms with Crippen LogP contribution in [-0.2, 0) is 10.0 Å². The number of fused-ring (bicyclic) bond motifs is 1. The van der Waals surface area contributed by atoms with Gasteiger partial charge in [0.1, 0.15) is 10.0 Å². The van der Waals surface area contributed by atoms with E-state index in [1.807, 2.05) is 10.8 Å². The highest BCUT2D eigenvalue weighted by molar-refractivity contribution is 9.10. The van der Waals surface area contributed by atoms with Crippen molar-refractivity contribution < 1.29 is 13.2 Å². The lowest BCUT2D eigenvalue weighted by atomic mass is 10.1. The number of anilines is 2. The highest BCUT2D eigenvalue weighted by Gasteiger charge is 2.20. The van der Waals surface area contributed by atoms with Crippen molar-refractivity contribution >= 4 is 77.1 Å². The minimum absolute atomic E-state index is 0.0831. The molecule has 4 aromatic rings. The number of nitrogens with zero attached hydrogens (tertiary/aromatic N) is 2. The van der Waals surface area contributed by atoms with E-state index in [0.717, 1.165) is 26.9 Å². The van der Waals surface area contributed by atoms with Crippen molar-refractivity contribution in [2.75, 3.05) is 17.7 Å². The summed E-state index contributed by atoms with van der Waals surface area (Å²) in [5.41, 5.74) is 0.837. The number of hydrogen-bond acceptors (Lipinski definition) is 7. The van der Waals surface area contributed by atoms with E-state index in [1.54, 1.807) is 25.4 Å². The average Bonchev–Trinajstić information content (AvgIpc) is 3.22. The SMILES string of the molecule is CNc1cc2ccn(-c3ccc(NC(=O)NS(=O)(=O)c4ccc(Cl)s4)cn3)c(=O)c2cc1Br. The number of urea groups is 1. The number of carbonyl (C=O) groups is 1. The van der Waals surface area contributed by atoms with Crippen LogP contribution < -0.4 is 20.9 Å². The molecule has 0 aliphatic carbocycles. The first-order valence-corrected chi connectivity index (χ1v) is 12.7. The summed E-state index contributed by atoms with van der Waals surface area (Å²) in [6.45, 7) is 0. The molecular weight excluding hydrogens is 554 g/mol. The predicted octanol–water partition coefficient (Wildman–Crippen LogP) is 4.42. The number of amides is 2. The van der Waals surface area contributed by atoms with E-state index in [1.165, 1.54) is 35.0 Å². The zero-order valence-corrected chi connectivity index (χ0v) is 20.8. The molecule has 0 atom stereocenters. The number of benzene rings is 1. The van der Waals surface area contributed by atoms with E-state index in [2.05, 4.69) is 31.5 Å². The molecule has 0 aliphatic rings. The van der Waals surface area contributed by atoms with E-state index in [0.29, 0.717) is 11.2 Å². The molecule has 0 radical (unpaired) electrons. The van der Waals surface area contributed by atoms with Gasteiger partial charge in [0.15, 0.2) is 0 Å². The largest absolute Gasteiger partial charge is 0.387 e. The Labute approximate surface area is 205 Å². The molecule has 0 unspecified atom stereocenters. The topological polar surface area (TPSA) is 122 Å². The molecule has 0 spiro atoms. The smallest absolute Gasteiger partial charge is 0.333 e. The normalized spacial score (nSPS) is 11.4. The number of hydrogen-bond donors (Lipinski definition) is 3. The first kappa shape index (κ1) is 23.2. The van der Waals surface area contributed by atoms with E-state index in [9.17, 15) is 18.0 Å². The van der Waals surface area contributed by atoms with Gasteiger partial charge in [0, 0.05) is 28.8 Å². The second kappa shape index (κ2) is 9.14. The minimum Gasteiger partial charge on any atom is -0.387 e. The molecule has 0 saturated carbocycles. The predicted molar refractivity (Wildman–Crippen MR) is 133 cm³/mol. The highest BCUT2D eigenvalue weighted by Crippen LogP contribution is 2.27. The van der Waals surface area contributed by atoms with Crippen molar-refractivity contribution in [1.29, 1.82) is 0 Å². The Balaban J connectivity index is 1.54. The standard InChI is InChI=1S/C20H15BrClN5O4S2/c1-23-15-8-11-6-7-27(19(28)13(11)9-14(15)21)17-4-2-12(10-24-17)25-20(29)26-33(30,31)18-5-3-16(22)32-18/h2-10,23H,1H3,(H2,25,26,29). The van der Waals surface area contributed by atoms with Gasteiger partial charge in [0.05, 0.1) is 16.2 Å². The van der Waals surface area contributed by atoms with Gasteiger partial charge in [0.2, 0.25) is 0 Å². The van der Waals surface area contributed by atoms with Crippen molar-refractivity contribution in [3.05, 3.63) is 74.0 Å². The first-order valence-electron chi connectivity index (χ1n) is 9.26. The van der Waals surface area contributed by atoms with E-state index < -0.39 is 16.1 Å². The summed E-state index contributed by atoms with van der Waals surface area (Å²) >= 11 is 10.0. The second-order valence-corrected chi connectivity index (χ2v) is 11.2. The molecule has 0 aliphatic heterocycles. The summed E-state index contributed by atoms with van der Waals surface area (Å²) in [6, 6.07) is 10.2. The van der Waals surface area contributed by atoms with Crippen LogP contribution in [0.2, 0.25) is 4.34 Å². The quantitative estimate of drug-likeness (QED) is 0.328. The van der Waals surface area contributed by atoms with E-state index >= 15 is 0 Å². The van der Waals surface area contributed by atoms with E-state index in [-0.39, 0.29) is 19.8 Å². The average molecular weight is 569 g/mol. The number of sulfonamides is 1. The third-order valence-electron chi connectivity index (χ3n) is 4.55. The monoisotopic (exact) mass is 567 g/mol. The van der Waals surface area contributed by atoms with Crippen LogP contribution in [0.3, 0.4) is 0 Å². The summed E-state index contributed by atoms with van der Waals surface area (Å²) in [7, 11) is -2.26. The number of thiophene rings is 1. The van der Waals surface area contributed by atoms with Gasteiger partial charge in [0.25, 0.3) is 15.6 Å². The van der Waals surface area contributed by atoms with Crippen molar-refractivity contribution in [1.82, 2.24) is 14.3 Å². The van der Waals surface area contributed by atoms with Crippen LogP contribution in [0.4, 0.5) is 16.2 Å². The fourth-order valence-electron chi connectivity index (χ4n) is 3.01. The van der Waals surface area contributed by atoms with Crippen molar-refractivity contribution in [2.45, 2.75) is 4.21 Å². The maximum absolute atomic E-state index is 13.0. The number of aromatic nitrogens is 2. The van der Waals surface area contributed by atoms with Crippen LogP contribution in [0, 0.1) is 0 Å². The highest BCUT2D eigenvalue weighted by atomic mass is 79.9.